The van der Waals surface area contributed by atoms with Gasteiger partial charge in [0, 0.05) is 11.6 Å². The number of fused-ring (bicyclic) bond motifs is 2. The van der Waals surface area contributed by atoms with Crippen LogP contribution in [-0.2, 0) is 19.1 Å². The van der Waals surface area contributed by atoms with Crippen molar-refractivity contribution < 1.29 is 19.1 Å². The number of esters is 2. The maximum absolute atomic E-state index is 12.5. The average Bonchev–Trinajstić information content (AvgIpc) is 3.09. The highest BCUT2D eigenvalue weighted by Crippen LogP contribution is 2.54. The van der Waals surface area contributed by atoms with Crippen molar-refractivity contribution in [1.29, 1.82) is 0 Å². The van der Waals surface area contributed by atoms with E-state index in [4.69, 9.17) is 9.47 Å². The molecule has 0 aromatic carbocycles. The summed E-state index contributed by atoms with van der Waals surface area (Å²) in [7, 11) is 2.85. The second-order valence-electron chi connectivity index (χ2n) is 6.62. The lowest BCUT2D eigenvalue weighted by molar-refractivity contribution is -0.159. The normalized spacial score (nSPS) is 34.7. The van der Waals surface area contributed by atoms with Crippen LogP contribution in [-0.4, -0.2) is 49.2 Å². The predicted octanol–water partition coefficient (Wildman–Crippen LogP) is 1.75. The van der Waals surface area contributed by atoms with E-state index in [9.17, 15) is 9.59 Å². The van der Waals surface area contributed by atoms with Gasteiger partial charge in [-0.05, 0) is 32.2 Å². The topological polar surface area (TPSA) is 55.8 Å². The van der Waals surface area contributed by atoms with Crippen molar-refractivity contribution >= 4 is 11.9 Å². The molecule has 21 heavy (non-hydrogen) atoms. The first kappa shape index (κ1) is 14.8. The van der Waals surface area contributed by atoms with Gasteiger partial charge >= 0.3 is 11.9 Å². The summed E-state index contributed by atoms with van der Waals surface area (Å²) in [6.45, 7) is 0.992. The first-order chi connectivity index (χ1) is 10.2. The molecule has 0 aromatic rings. The monoisotopic (exact) mass is 295 g/mol. The van der Waals surface area contributed by atoms with Crippen LogP contribution in [0.5, 0.6) is 0 Å². The van der Waals surface area contributed by atoms with Crippen LogP contribution in [0.15, 0.2) is 0 Å². The number of nitrogens with zero attached hydrogens (tertiary/aromatic N) is 1. The summed E-state index contributed by atoms with van der Waals surface area (Å²) in [5, 5.41) is 0. The summed E-state index contributed by atoms with van der Waals surface area (Å²) < 4.78 is 10.1. The molecule has 118 valence electrons. The highest BCUT2D eigenvalue weighted by molar-refractivity contribution is 5.85. The molecule has 0 radical (unpaired) electrons. The molecule has 0 aromatic heterocycles. The average molecular weight is 295 g/mol. The Hall–Kier alpha value is -1.10. The van der Waals surface area contributed by atoms with Crippen LogP contribution in [0.3, 0.4) is 0 Å². The summed E-state index contributed by atoms with van der Waals surface area (Å²) in [5.74, 6) is -1.20. The molecule has 0 amide bonds. The molecule has 1 saturated carbocycles. The van der Waals surface area contributed by atoms with Crippen molar-refractivity contribution in [1.82, 2.24) is 4.90 Å². The number of methoxy groups -OCH3 is 2. The summed E-state index contributed by atoms with van der Waals surface area (Å²) in [5.41, 5.74) is -0.175. The largest absolute Gasteiger partial charge is 0.469 e. The summed E-state index contributed by atoms with van der Waals surface area (Å²) in [4.78, 5) is 27.3. The van der Waals surface area contributed by atoms with Gasteiger partial charge in [0.2, 0.25) is 0 Å². The van der Waals surface area contributed by atoms with Crippen LogP contribution >= 0.6 is 0 Å². The molecule has 2 aliphatic heterocycles. The quantitative estimate of drug-likeness (QED) is 0.726. The van der Waals surface area contributed by atoms with Crippen LogP contribution in [0.1, 0.15) is 44.9 Å². The number of ether oxygens (including phenoxy) is 2. The molecular weight excluding hydrogens is 270 g/mol. The van der Waals surface area contributed by atoms with Crippen molar-refractivity contribution in [3.8, 4) is 0 Å². The number of rotatable bonds is 2. The van der Waals surface area contributed by atoms with Crippen molar-refractivity contribution in [2.24, 2.45) is 11.8 Å². The van der Waals surface area contributed by atoms with Gasteiger partial charge in [-0.1, -0.05) is 19.3 Å². The van der Waals surface area contributed by atoms with E-state index in [0.29, 0.717) is 0 Å². The molecule has 3 atom stereocenters. The molecule has 0 bridgehead atoms. The molecule has 1 aliphatic carbocycles. The Labute approximate surface area is 126 Å². The standard InChI is InChI=1S/C16H25NO4/c1-20-14(18)12-11-7-6-10-17(11)16(8-4-3-5-9-16)13(12)15(19)21-2/h11-13H,3-10H2,1-2H3/t11-,12+,13+/m1/s1. The highest BCUT2D eigenvalue weighted by Gasteiger charge is 2.64. The fraction of sp³-hybridized carbons (Fsp3) is 0.875. The smallest absolute Gasteiger partial charge is 0.311 e. The minimum Gasteiger partial charge on any atom is -0.469 e. The third-order valence-corrected chi connectivity index (χ3v) is 5.87. The van der Waals surface area contributed by atoms with Gasteiger partial charge in [0.1, 0.15) is 0 Å². The van der Waals surface area contributed by atoms with Gasteiger partial charge in [-0.2, -0.15) is 0 Å². The summed E-state index contributed by atoms with van der Waals surface area (Å²) in [6, 6.07) is 0.152. The first-order valence-corrected chi connectivity index (χ1v) is 8.08. The first-order valence-electron chi connectivity index (χ1n) is 8.08. The third kappa shape index (κ3) is 2.08. The van der Waals surface area contributed by atoms with Crippen LogP contribution < -0.4 is 0 Å². The lowest BCUT2D eigenvalue weighted by Crippen LogP contribution is -2.52. The zero-order valence-electron chi connectivity index (χ0n) is 13.0. The minimum absolute atomic E-state index is 0.152. The van der Waals surface area contributed by atoms with Crippen LogP contribution in [0.4, 0.5) is 0 Å². The van der Waals surface area contributed by atoms with E-state index in [1.165, 1.54) is 20.6 Å². The maximum Gasteiger partial charge on any atom is 0.311 e. The van der Waals surface area contributed by atoms with Gasteiger partial charge in [-0.3, -0.25) is 14.5 Å². The predicted molar refractivity (Wildman–Crippen MR) is 76.6 cm³/mol. The molecular formula is C16H25NO4. The van der Waals surface area contributed by atoms with E-state index >= 15 is 0 Å². The van der Waals surface area contributed by atoms with Crippen LogP contribution in [0.2, 0.25) is 0 Å². The summed E-state index contributed by atoms with van der Waals surface area (Å²) >= 11 is 0. The molecule has 2 heterocycles. The highest BCUT2D eigenvalue weighted by atomic mass is 16.5. The van der Waals surface area contributed by atoms with Crippen molar-refractivity contribution in [2.45, 2.75) is 56.5 Å². The third-order valence-electron chi connectivity index (χ3n) is 5.87. The van der Waals surface area contributed by atoms with Crippen molar-refractivity contribution in [2.75, 3.05) is 20.8 Å². The van der Waals surface area contributed by atoms with Gasteiger partial charge < -0.3 is 9.47 Å². The molecule has 3 rings (SSSR count). The van der Waals surface area contributed by atoms with Crippen molar-refractivity contribution in [3.05, 3.63) is 0 Å². The van der Waals surface area contributed by atoms with E-state index in [0.717, 1.165) is 45.1 Å². The van der Waals surface area contributed by atoms with E-state index in [2.05, 4.69) is 4.90 Å². The number of carbonyl (C=O) groups excluding carboxylic acids is 2. The second-order valence-corrected chi connectivity index (χ2v) is 6.62. The molecule has 0 unspecified atom stereocenters. The molecule has 1 spiro atoms. The number of carbonyl (C=O) groups is 2. The lowest BCUT2D eigenvalue weighted by atomic mass is 9.70. The Kier molecular flexibility index (Phi) is 3.95. The molecule has 5 nitrogen and oxygen atoms in total. The maximum atomic E-state index is 12.5. The Morgan fingerprint density at radius 2 is 1.67 bits per heavy atom. The minimum atomic E-state index is -0.361. The summed E-state index contributed by atoms with van der Waals surface area (Å²) in [6.07, 6.45) is 7.56. The number of hydrogen-bond acceptors (Lipinski definition) is 5. The Morgan fingerprint density at radius 3 is 2.29 bits per heavy atom. The van der Waals surface area contributed by atoms with Crippen molar-refractivity contribution in [3.63, 3.8) is 0 Å². The molecule has 3 aliphatic rings. The number of hydrogen-bond donors (Lipinski definition) is 0. The lowest BCUT2D eigenvalue weighted by Gasteiger charge is -2.44. The molecule has 0 N–H and O–H groups in total. The Morgan fingerprint density at radius 1 is 1.00 bits per heavy atom. The van der Waals surface area contributed by atoms with Gasteiger partial charge in [-0.15, -0.1) is 0 Å². The Balaban J connectivity index is 2.03. The van der Waals surface area contributed by atoms with E-state index in [1.54, 1.807) is 0 Å². The van der Waals surface area contributed by atoms with Gasteiger partial charge in [-0.25, -0.2) is 0 Å². The van der Waals surface area contributed by atoms with E-state index in [1.807, 2.05) is 0 Å². The molecule has 5 heteroatoms. The van der Waals surface area contributed by atoms with Crippen LogP contribution in [0.25, 0.3) is 0 Å². The van der Waals surface area contributed by atoms with Gasteiger partial charge in [0.05, 0.1) is 26.1 Å². The van der Waals surface area contributed by atoms with Gasteiger partial charge in [0.25, 0.3) is 0 Å². The van der Waals surface area contributed by atoms with E-state index in [-0.39, 0.29) is 35.4 Å². The van der Waals surface area contributed by atoms with E-state index < -0.39 is 0 Å². The zero-order valence-corrected chi connectivity index (χ0v) is 13.0. The fourth-order valence-electron chi connectivity index (χ4n) is 5.14. The Bertz CT molecular complexity index is 430. The second kappa shape index (κ2) is 5.59. The van der Waals surface area contributed by atoms with Crippen LogP contribution in [0, 0.1) is 11.8 Å². The zero-order chi connectivity index (χ0) is 15.0. The molecule has 2 saturated heterocycles. The SMILES string of the molecule is COC(=O)[C@H]1[C@H]2CCCN2C2(CCCCC2)[C@@H]1C(=O)OC. The molecule has 3 fully saturated rings. The van der Waals surface area contributed by atoms with Gasteiger partial charge in [0.15, 0.2) is 0 Å². The fourth-order valence-corrected chi connectivity index (χ4v) is 5.14.